The lowest BCUT2D eigenvalue weighted by Crippen LogP contribution is -2.17. The van der Waals surface area contributed by atoms with Crippen molar-refractivity contribution in [2.45, 2.75) is 13.0 Å². The molecule has 0 aliphatic heterocycles. The van der Waals surface area contributed by atoms with E-state index >= 15 is 0 Å². The van der Waals surface area contributed by atoms with Gasteiger partial charge in [0.15, 0.2) is 0 Å². The first-order chi connectivity index (χ1) is 10.3. The van der Waals surface area contributed by atoms with Crippen LogP contribution in [0.4, 0.5) is 11.9 Å². The molecule has 0 saturated carbocycles. The van der Waals surface area contributed by atoms with Gasteiger partial charge in [0.2, 0.25) is 11.9 Å². The predicted octanol–water partition coefficient (Wildman–Crippen LogP) is 0.367. The third kappa shape index (κ3) is 2.93. The zero-order valence-corrected chi connectivity index (χ0v) is 11.8. The summed E-state index contributed by atoms with van der Waals surface area (Å²) in [6, 6.07) is -0.0402. The molecule has 0 aliphatic carbocycles. The SMILES string of the molecule is CC(Nc1nc(NN)nc(-n2cncn2)n1)c1nccs1. The third-order valence-corrected chi connectivity index (χ3v) is 3.50. The molecular weight excluding hydrogens is 292 g/mol. The maximum absolute atomic E-state index is 5.38. The standard InChI is InChI=1S/C10H12N10S/c1-6(7-13-2-3-21-7)15-8-16-9(19-11)18-10(17-8)20-5-12-4-14-20/h2-6H,11H2,1H3,(H2,15,16,17,18,19). The van der Waals surface area contributed by atoms with Gasteiger partial charge in [-0.15, -0.1) is 11.3 Å². The van der Waals surface area contributed by atoms with Gasteiger partial charge >= 0.3 is 0 Å². The van der Waals surface area contributed by atoms with E-state index in [0.29, 0.717) is 11.9 Å². The lowest BCUT2D eigenvalue weighted by Gasteiger charge is -2.12. The summed E-state index contributed by atoms with van der Waals surface area (Å²) in [6.07, 6.45) is 4.63. The monoisotopic (exact) mass is 304 g/mol. The molecule has 0 radical (unpaired) electrons. The van der Waals surface area contributed by atoms with E-state index in [-0.39, 0.29) is 12.0 Å². The van der Waals surface area contributed by atoms with Crippen molar-refractivity contribution >= 4 is 23.2 Å². The first kappa shape index (κ1) is 13.3. The molecule has 0 aliphatic rings. The number of hydrogen-bond donors (Lipinski definition) is 3. The maximum atomic E-state index is 5.38. The quantitative estimate of drug-likeness (QED) is 0.451. The molecule has 0 fully saturated rings. The van der Waals surface area contributed by atoms with E-state index in [1.54, 1.807) is 17.5 Å². The highest BCUT2D eigenvalue weighted by atomic mass is 32.1. The number of anilines is 2. The van der Waals surface area contributed by atoms with Gasteiger partial charge in [0.25, 0.3) is 5.95 Å². The fourth-order valence-corrected chi connectivity index (χ4v) is 2.26. The Morgan fingerprint density at radius 3 is 2.81 bits per heavy atom. The third-order valence-electron chi connectivity index (χ3n) is 2.54. The number of aromatic nitrogens is 7. The average Bonchev–Trinajstić information content (AvgIpc) is 3.19. The Labute approximate surface area is 123 Å². The van der Waals surface area contributed by atoms with Gasteiger partial charge in [0.1, 0.15) is 17.7 Å². The Morgan fingerprint density at radius 1 is 1.29 bits per heavy atom. The molecule has 3 heterocycles. The van der Waals surface area contributed by atoms with Gasteiger partial charge in [0.05, 0.1) is 6.04 Å². The van der Waals surface area contributed by atoms with Crippen LogP contribution >= 0.6 is 11.3 Å². The van der Waals surface area contributed by atoms with Gasteiger partial charge in [-0.1, -0.05) is 0 Å². The highest BCUT2D eigenvalue weighted by Gasteiger charge is 2.13. The van der Waals surface area contributed by atoms with Crippen LogP contribution in [0.1, 0.15) is 18.0 Å². The van der Waals surface area contributed by atoms with E-state index in [1.165, 1.54) is 17.3 Å². The second-order valence-electron chi connectivity index (χ2n) is 4.00. The summed E-state index contributed by atoms with van der Waals surface area (Å²) in [7, 11) is 0. The highest BCUT2D eigenvalue weighted by molar-refractivity contribution is 7.09. The van der Waals surface area contributed by atoms with Crippen molar-refractivity contribution in [3.63, 3.8) is 0 Å². The molecule has 4 N–H and O–H groups in total. The summed E-state index contributed by atoms with van der Waals surface area (Å²) in [5.74, 6) is 6.28. The summed E-state index contributed by atoms with van der Waals surface area (Å²) in [5.41, 5.74) is 2.40. The molecule has 0 spiro atoms. The zero-order chi connectivity index (χ0) is 14.7. The summed E-state index contributed by atoms with van der Waals surface area (Å²) in [5, 5.41) is 9.97. The summed E-state index contributed by atoms with van der Waals surface area (Å²) < 4.78 is 1.42. The molecule has 0 saturated heterocycles. The molecule has 0 bridgehead atoms. The van der Waals surface area contributed by atoms with Crippen LogP contribution in [0.25, 0.3) is 5.95 Å². The van der Waals surface area contributed by atoms with Crippen molar-refractivity contribution in [2.75, 3.05) is 10.7 Å². The molecule has 3 aromatic heterocycles. The van der Waals surface area contributed by atoms with E-state index in [1.807, 2.05) is 12.3 Å². The van der Waals surface area contributed by atoms with E-state index in [0.717, 1.165) is 5.01 Å². The Hall–Kier alpha value is -2.66. The van der Waals surface area contributed by atoms with Crippen molar-refractivity contribution in [3.8, 4) is 5.95 Å². The first-order valence-electron chi connectivity index (χ1n) is 6.00. The predicted molar refractivity (Wildman–Crippen MR) is 76.7 cm³/mol. The molecular formula is C10H12N10S. The molecule has 0 amide bonds. The normalized spacial score (nSPS) is 12.1. The van der Waals surface area contributed by atoms with Crippen LogP contribution in [0.3, 0.4) is 0 Å². The van der Waals surface area contributed by atoms with Crippen molar-refractivity contribution in [1.29, 1.82) is 0 Å². The Balaban J connectivity index is 1.89. The van der Waals surface area contributed by atoms with Crippen LogP contribution in [0.2, 0.25) is 0 Å². The summed E-state index contributed by atoms with van der Waals surface area (Å²) >= 11 is 1.55. The minimum Gasteiger partial charge on any atom is -0.345 e. The number of nitrogens with one attached hydrogen (secondary N) is 2. The average molecular weight is 304 g/mol. The van der Waals surface area contributed by atoms with Gasteiger partial charge in [-0.2, -0.15) is 24.7 Å². The molecule has 0 aromatic carbocycles. The fraction of sp³-hybridized carbons (Fsp3) is 0.200. The van der Waals surface area contributed by atoms with Crippen LogP contribution in [0.15, 0.2) is 24.2 Å². The molecule has 1 atom stereocenters. The first-order valence-corrected chi connectivity index (χ1v) is 6.88. The minimum absolute atomic E-state index is 0.0402. The topological polar surface area (TPSA) is 132 Å². The highest BCUT2D eigenvalue weighted by Crippen LogP contribution is 2.19. The van der Waals surface area contributed by atoms with E-state index in [4.69, 9.17) is 5.84 Å². The van der Waals surface area contributed by atoms with Gasteiger partial charge in [0, 0.05) is 11.6 Å². The molecule has 11 heteroatoms. The van der Waals surface area contributed by atoms with Crippen LogP contribution in [0.5, 0.6) is 0 Å². The van der Waals surface area contributed by atoms with Crippen LogP contribution in [-0.4, -0.2) is 34.7 Å². The number of hydrazine groups is 1. The number of hydrogen-bond acceptors (Lipinski definition) is 10. The van der Waals surface area contributed by atoms with Crippen LogP contribution in [0, 0.1) is 0 Å². The van der Waals surface area contributed by atoms with Crippen molar-refractivity contribution in [3.05, 3.63) is 29.2 Å². The summed E-state index contributed by atoms with van der Waals surface area (Å²) in [4.78, 5) is 20.7. The van der Waals surface area contributed by atoms with Crippen LogP contribution < -0.4 is 16.6 Å². The van der Waals surface area contributed by atoms with Gasteiger partial charge in [-0.05, 0) is 6.92 Å². The number of nitrogen functional groups attached to an aromatic ring is 1. The maximum Gasteiger partial charge on any atom is 0.258 e. The van der Waals surface area contributed by atoms with Gasteiger partial charge < -0.3 is 5.32 Å². The second kappa shape index (κ2) is 5.76. The van der Waals surface area contributed by atoms with Crippen molar-refractivity contribution in [1.82, 2.24) is 34.7 Å². The zero-order valence-electron chi connectivity index (χ0n) is 11.0. The van der Waals surface area contributed by atoms with Gasteiger partial charge in [-0.3, -0.25) is 5.43 Å². The molecule has 3 rings (SSSR count). The number of nitrogens with two attached hydrogens (primary N) is 1. The fourth-order valence-electron chi connectivity index (χ4n) is 1.61. The van der Waals surface area contributed by atoms with Crippen molar-refractivity contribution < 1.29 is 0 Å². The molecule has 108 valence electrons. The summed E-state index contributed by atoms with van der Waals surface area (Å²) in [6.45, 7) is 1.97. The largest absolute Gasteiger partial charge is 0.345 e. The van der Waals surface area contributed by atoms with E-state index in [2.05, 4.69) is 40.8 Å². The lowest BCUT2D eigenvalue weighted by atomic mass is 10.4. The smallest absolute Gasteiger partial charge is 0.258 e. The number of rotatable bonds is 5. The Kier molecular flexibility index (Phi) is 3.66. The molecule has 1 unspecified atom stereocenters. The van der Waals surface area contributed by atoms with E-state index < -0.39 is 0 Å². The minimum atomic E-state index is -0.0402. The van der Waals surface area contributed by atoms with Crippen molar-refractivity contribution in [2.24, 2.45) is 5.84 Å². The van der Waals surface area contributed by atoms with E-state index in [9.17, 15) is 0 Å². The Morgan fingerprint density at radius 2 is 2.14 bits per heavy atom. The second-order valence-corrected chi connectivity index (χ2v) is 4.93. The molecule has 21 heavy (non-hydrogen) atoms. The molecule has 3 aromatic rings. The molecule has 10 nitrogen and oxygen atoms in total. The lowest BCUT2D eigenvalue weighted by molar-refractivity contribution is 0.781. The number of nitrogens with zero attached hydrogens (tertiary/aromatic N) is 7. The van der Waals surface area contributed by atoms with Gasteiger partial charge in [-0.25, -0.2) is 15.8 Å². The number of thiazole rings is 1. The van der Waals surface area contributed by atoms with Crippen LogP contribution in [-0.2, 0) is 0 Å². The Bertz CT molecular complexity index is 695.